The lowest BCUT2D eigenvalue weighted by atomic mass is 10.0. The number of halogens is 5. The monoisotopic (exact) mass is 513 g/mol. The number of aromatic nitrogens is 3. The van der Waals surface area contributed by atoms with Crippen molar-refractivity contribution in [3.63, 3.8) is 0 Å². The lowest BCUT2D eigenvalue weighted by Crippen LogP contribution is -2.42. The smallest absolute Gasteiger partial charge is 0.261 e. The molecule has 32 heavy (non-hydrogen) atoms. The van der Waals surface area contributed by atoms with E-state index in [0.29, 0.717) is 15.6 Å². The van der Waals surface area contributed by atoms with Crippen LogP contribution in [0, 0.1) is 18.6 Å². The predicted octanol–water partition coefficient (Wildman–Crippen LogP) is 5.63. The molecule has 0 atom stereocenters. The van der Waals surface area contributed by atoms with Crippen LogP contribution >= 0.6 is 15.9 Å². The Morgan fingerprint density at radius 1 is 1.22 bits per heavy atom. The highest BCUT2D eigenvalue weighted by atomic mass is 79.9. The van der Waals surface area contributed by atoms with Crippen LogP contribution in [0.25, 0.3) is 11.0 Å². The minimum atomic E-state index is -2.75. The number of hydrogen-bond acceptors (Lipinski definition) is 4. The van der Waals surface area contributed by atoms with Crippen LogP contribution in [0.2, 0.25) is 0 Å². The summed E-state index contributed by atoms with van der Waals surface area (Å²) >= 11 is 3.28. The molecule has 1 aliphatic carbocycles. The van der Waals surface area contributed by atoms with E-state index in [1.807, 2.05) is 18.4 Å². The first-order chi connectivity index (χ1) is 15.0. The van der Waals surface area contributed by atoms with Crippen LogP contribution in [0.5, 0.6) is 0 Å². The molecular formula is C21H20BrF4N5O. The Labute approximate surface area is 189 Å². The summed E-state index contributed by atoms with van der Waals surface area (Å²) < 4.78 is 58.2. The highest BCUT2D eigenvalue weighted by molar-refractivity contribution is 9.10. The van der Waals surface area contributed by atoms with Crippen molar-refractivity contribution >= 4 is 44.4 Å². The van der Waals surface area contributed by atoms with Gasteiger partial charge < -0.3 is 15.2 Å². The van der Waals surface area contributed by atoms with E-state index in [1.165, 1.54) is 6.92 Å². The average molecular weight is 514 g/mol. The van der Waals surface area contributed by atoms with Crippen LogP contribution in [-0.2, 0) is 0 Å². The molecule has 11 heteroatoms. The number of carbonyl (C=O) groups is 1. The van der Waals surface area contributed by atoms with Crippen molar-refractivity contribution in [2.45, 2.75) is 51.6 Å². The molecule has 0 aliphatic heterocycles. The number of carbonyl (C=O) groups excluding carboxylic acids is 1. The molecule has 1 amide bonds. The number of amides is 1. The largest absolute Gasteiger partial charge is 0.341 e. The summed E-state index contributed by atoms with van der Waals surface area (Å²) in [6.45, 7) is 5.08. The van der Waals surface area contributed by atoms with Crippen molar-refractivity contribution < 1.29 is 22.4 Å². The third kappa shape index (κ3) is 3.82. The number of nitrogens with zero attached hydrogens (tertiary/aromatic N) is 3. The van der Waals surface area contributed by atoms with Gasteiger partial charge in [-0.15, -0.1) is 0 Å². The Morgan fingerprint density at radius 3 is 2.50 bits per heavy atom. The summed E-state index contributed by atoms with van der Waals surface area (Å²) in [4.78, 5) is 21.3. The van der Waals surface area contributed by atoms with Gasteiger partial charge in [-0.05, 0) is 61.7 Å². The summed E-state index contributed by atoms with van der Waals surface area (Å²) in [5, 5.41) is 5.03. The van der Waals surface area contributed by atoms with Crippen molar-refractivity contribution in [1.82, 2.24) is 19.9 Å². The third-order valence-electron chi connectivity index (χ3n) is 5.59. The van der Waals surface area contributed by atoms with Gasteiger partial charge in [0, 0.05) is 17.2 Å². The van der Waals surface area contributed by atoms with E-state index in [-0.39, 0.29) is 41.5 Å². The summed E-state index contributed by atoms with van der Waals surface area (Å²) in [6.07, 6.45) is -0.878. The van der Waals surface area contributed by atoms with Crippen LogP contribution in [0.1, 0.15) is 48.7 Å². The van der Waals surface area contributed by atoms with Gasteiger partial charge in [-0.25, -0.2) is 27.5 Å². The lowest BCUT2D eigenvalue weighted by molar-refractivity contribution is 0.0679. The molecule has 1 saturated carbocycles. The van der Waals surface area contributed by atoms with E-state index in [0.717, 1.165) is 6.07 Å². The Morgan fingerprint density at radius 2 is 1.91 bits per heavy atom. The number of pyridine rings is 1. The van der Waals surface area contributed by atoms with Crippen LogP contribution in [0.15, 0.2) is 23.1 Å². The van der Waals surface area contributed by atoms with Gasteiger partial charge in [0.15, 0.2) is 17.5 Å². The van der Waals surface area contributed by atoms with Crippen LogP contribution in [-0.4, -0.2) is 32.4 Å². The number of fused-ring (bicyclic) bond motifs is 1. The molecule has 0 unspecified atom stereocenters. The molecule has 0 saturated heterocycles. The fourth-order valence-electron chi connectivity index (χ4n) is 3.51. The predicted molar refractivity (Wildman–Crippen MR) is 115 cm³/mol. The second kappa shape index (κ2) is 8.02. The van der Waals surface area contributed by atoms with Crippen molar-refractivity contribution in [3.8, 4) is 0 Å². The van der Waals surface area contributed by atoms with Crippen molar-refractivity contribution in [2.75, 3.05) is 5.32 Å². The van der Waals surface area contributed by atoms with Gasteiger partial charge >= 0.3 is 0 Å². The number of imidazole rings is 1. The van der Waals surface area contributed by atoms with Crippen molar-refractivity contribution in [1.29, 1.82) is 0 Å². The Balaban J connectivity index is 1.77. The minimum Gasteiger partial charge on any atom is -0.341 e. The normalized spacial score (nSPS) is 14.9. The van der Waals surface area contributed by atoms with Gasteiger partial charge in [-0.1, -0.05) is 0 Å². The Kier molecular flexibility index (Phi) is 5.64. The van der Waals surface area contributed by atoms with E-state index in [9.17, 15) is 22.4 Å². The molecule has 2 aromatic heterocycles. The Hall–Kier alpha value is -2.69. The third-order valence-corrected chi connectivity index (χ3v) is 6.00. The molecule has 1 aliphatic rings. The summed E-state index contributed by atoms with van der Waals surface area (Å²) in [5.74, 6) is -3.15. The maximum atomic E-state index is 14.8. The van der Waals surface area contributed by atoms with Crippen molar-refractivity contribution in [3.05, 3.63) is 45.8 Å². The first kappa shape index (κ1) is 22.5. The quantitative estimate of drug-likeness (QED) is 0.331. The lowest BCUT2D eigenvalue weighted by Gasteiger charge is -2.19. The van der Waals surface area contributed by atoms with Crippen molar-refractivity contribution in [2.24, 2.45) is 0 Å². The molecule has 1 aromatic carbocycles. The maximum absolute atomic E-state index is 14.8. The number of alkyl halides is 2. The van der Waals surface area contributed by atoms with Gasteiger partial charge in [-0.2, -0.15) is 0 Å². The number of rotatable bonds is 6. The minimum absolute atomic E-state index is 0.00791. The van der Waals surface area contributed by atoms with Crippen LogP contribution < -0.4 is 10.6 Å². The van der Waals surface area contributed by atoms with E-state index >= 15 is 0 Å². The van der Waals surface area contributed by atoms with Gasteiger partial charge in [0.25, 0.3) is 12.3 Å². The van der Waals surface area contributed by atoms with E-state index in [1.54, 1.807) is 12.4 Å². The number of nitrogens with one attached hydrogen (secondary N) is 2. The molecule has 170 valence electrons. The summed E-state index contributed by atoms with van der Waals surface area (Å²) in [6, 6.07) is 2.80. The van der Waals surface area contributed by atoms with Gasteiger partial charge in [0.1, 0.15) is 15.7 Å². The van der Waals surface area contributed by atoms with Gasteiger partial charge in [-0.3, -0.25) is 4.79 Å². The number of hydrogen-bond donors (Lipinski definition) is 2. The molecule has 1 fully saturated rings. The molecule has 2 N–H and O–H groups in total. The SMILES string of the molecule is Cc1c(C(=O)NC2(C(F)F)CC2)cc(Nc2nc(Br)cc3ncn(C(C)C)c23)c(F)c1F. The fourth-order valence-corrected chi connectivity index (χ4v) is 3.90. The zero-order valence-corrected chi connectivity index (χ0v) is 19.0. The second-order valence-electron chi connectivity index (χ2n) is 8.17. The topological polar surface area (TPSA) is 71.8 Å². The highest BCUT2D eigenvalue weighted by Crippen LogP contribution is 2.41. The van der Waals surface area contributed by atoms with E-state index in [2.05, 4.69) is 36.5 Å². The molecule has 0 radical (unpaired) electrons. The molecule has 0 spiro atoms. The van der Waals surface area contributed by atoms with Gasteiger partial charge in [0.2, 0.25) is 0 Å². The van der Waals surface area contributed by atoms with Gasteiger partial charge in [0.05, 0.1) is 17.5 Å². The van der Waals surface area contributed by atoms with E-state index in [4.69, 9.17) is 0 Å². The first-order valence-corrected chi connectivity index (χ1v) is 10.7. The highest BCUT2D eigenvalue weighted by Gasteiger charge is 2.52. The molecule has 3 aromatic rings. The maximum Gasteiger partial charge on any atom is 0.261 e. The second-order valence-corrected chi connectivity index (χ2v) is 8.98. The number of benzene rings is 1. The molecule has 2 heterocycles. The molecule has 0 bridgehead atoms. The summed E-state index contributed by atoms with van der Waals surface area (Å²) in [5.41, 5.74) is -1.32. The molecular weight excluding hydrogens is 494 g/mol. The average Bonchev–Trinajstić information content (AvgIpc) is 3.38. The fraction of sp³-hybridized carbons (Fsp3) is 0.381. The molecule has 4 rings (SSSR count). The summed E-state index contributed by atoms with van der Waals surface area (Å²) in [7, 11) is 0. The Bertz CT molecular complexity index is 1220. The zero-order chi connectivity index (χ0) is 23.4. The van der Waals surface area contributed by atoms with Crippen LogP contribution in [0.3, 0.4) is 0 Å². The standard InChI is InChI=1S/C21H20BrF4N5O/c1-9(2)31-8-27-13-7-14(22)29-18(17(13)31)28-12-6-11(10(3)15(23)16(12)24)19(32)30-21(4-5-21)20(25)26/h6-9,20H,4-5H2,1-3H3,(H,28,29)(H,30,32). The number of anilines is 2. The first-order valence-electron chi connectivity index (χ1n) is 9.93. The van der Waals surface area contributed by atoms with Crippen LogP contribution in [0.4, 0.5) is 29.1 Å². The molecule has 6 nitrogen and oxygen atoms in total. The zero-order valence-electron chi connectivity index (χ0n) is 17.4. The van der Waals surface area contributed by atoms with E-state index < -0.39 is 29.5 Å².